The summed E-state index contributed by atoms with van der Waals surface area (Å²) in [5, 5.41) is 9.64. The lowest BCUT2D eigenvalue weighted by molar-refractivity contribution is -0.140. The average Bonchev–Trinajstić information content (AvgIpc) is 2.51. The van der Waals surface area contributed by atoms with Gasteiger partial charge in [0.1, 0.15) is 0 Å². The van der Waals surface area contributed by atoms with E-state index >= 15 is 0 Å². The Morgan fingerprint density at radius 1 is 1.46 bits per heavy atom. The zero-order chi connectivity index (χ0) is 18.0. The van der Waals surface area contributed by atoms with E-state index in [0.717, 1.165) is 0 Å². The fourth-order valence-corrected chi connectivity index (χ4v) is 3.10. The molecule has 1 aliphatic rings. The minimum absolute atomic E-state index is 0.000960. The van der Waals surface area contributed by atoms with Crippen molar-refractivity contribution in [1.29, 1.82) is 0 Å². The predicted octanol–water partition coefficient (Wildman–Crippen LogP) is 3.42. The summed E-state index contributed by atoms with van der Waals surface area (Å²) >= 11 is 12.0. The van der Waals surface area contributed by atoms with E-state index in [-0.39, 0.29) is 27.1 Å². The van der Waals surface area contributed by atoms with Crippen LogP contribution in [0.2, 0.25) is 5.02 Å². The Kier molecular flexibility index (Phi) is 5.62. The summed E-state index contributed by atoms with van der Waals surface area (Å²) in [6, 6.07) is 1.77. The van der Waals surface area contributed by atoms with Crippen LogP contribution in [0.1, 0.15) is 18.9 Å². The van der Waals surface area contributed by atoms with Gasteiger partial charge in [0.15, 0.2) is 17.6 Å². The molecule has 1 unspecified atom stereocenters. The molecule has 0 fully saturated rings. The first-order valence-electron chi connectivity index (χ1n) is 7.22. The van der Waals surface area contributed by atoms with E-state index in [2.05, 4.69) is 0 Å². The molecule has 1 aliphatic heterocycles. The van der Waals surface area contributed by atoms with E-state index in [4.69, 9.17) is 33.7 Å². The van der Waals surface area contributed by atoms with Crippen LogP contribution < -0.4 is 10.5 Å². The molecule has 1 aromatic carbocycles. The largest absolute Gasteiger partial charge is 0.492 e. The van der Waals surface area contributed by atoms with E-state index in [0.29, 0.717) is 18.7 Å². The number of allylic oxidation sites excluding steroid dienone is 1. The molecular formula is C16H17Cl2FN2O3. The molecule has 130 valence electrons. The molecule has 0 bridgehead atoms. The average molecular weight is 375 g/mol. The van der Waals surface area contributed by atoms with Crippen LogP contribution in [-0.2, 0) is 4.79 Å². The van der Waals surface area contributed by atoms with E-state index in [9.17, 15) is 14.3 Å². The maximum atomic E-state index is 14.8. The molecule has 1 atom stereocenters. The van der Waals surface area contributed by atoms with Crippen molar-refractivity contribution in [1.82, 2.24) is 4.90 Å². The number of rotatable bonds is 5. The summed E-state index contributed by atoms with van der Waals surface area (Å²) in [6.45, 7) is 2.24. The standard InChI is InChI=1S/C16H17Cl2FN2O3/c1-3-6-21-11(7-10(20)12(18)14(21)16(22)23)8-4-5-9(17)15(24-2)13(8)19/h4-5,7,14H,3,6,20H2,1-2H3,(H,22,23). The molecule has 8 heteroatoms. The van der Waals surface area contributed by atoms with E-state index in [1.807, 2.05) is 6.92 Å². The van der Waals surface area contributed by atoms with Gasteiger partial charge in [-0.3, -0.25) is 0 Å². The number of benzene rings is 1. The molecule has 5 nitrogen and oxygen atoms in total. The van der Waals surface area contributed by atoms with E-state index < -0.39 is 17.8 Å². The molecule has 24 heavy (non-hydrogen) atoms. The molecule has 1 aromatic rings. The van der Waals surface area contributed by atoms with Gasteiger partial charge >= 0.3 is 5.97 Å². The molecule has 0 spiro atoms. The highest BCUT2D eigenvalue weighted by Gasteiger charge is 2.36. The second-order valence-corrected chi connectivity index (χ2v) is 6.02. The highest BCUT2D eigenvalue weighted by molar-refractivity contribution is 6.33. The normalized spacial score (nSPS) is 17.8. The van der Waals surface area contributed by atoms with Crippen molar-refractivity contribution in [3.63, 3.8) is 0 Å². The highest BCUT2D eigenvalue weighted by atomic mass is 35.5. The van der Waals surface area contributed by atoms with E-state index in [1.54, 1.807) is 0 Å². The van der Waals surface area contributed by atoms with Crippen LogP contribution in [0.25, 0.3) is 5.70 Å². The SMILES string of the molecule is CCCN1C(c2ccc(Cl)c(OC)c2F)=CC(N)=C(Cl)C1C(=O)O. The summed E-state index contributed by atoms with van der Waals surface area (Å²) in [5.41, 5.74) is 6.39. The first-order chi connectivity index (χ1) is 11.3. The lowest BCUT2D eigenvalue weighted by Gasteiger charge is -2.36. The summed E-state index contributed by atoms with van der Waals surface area (Å²) in [5.74, 6) is -1.96. The summed E-state index contributed by atoms with van der Waals surface area (Å²) < 4.78 is 19.8. The van der Waals surface area contributed by atoms with Crippen molar-refractivity contribution < 1.29 is 19.0 Å². The molecule has 3 N–H and O–H groups in total. The number of ether oxygens (including phenoxy) is 1. The van der Waals surface area contributed by atoms with Gasteiger partial charge in [-0.1, -0.05) is 30.1 Å². The van der Waals surface area contributed by atoms with Gasteiger partial charge in [0.25, 0.3) is 0 Å². The lowest BCUT2D eigenvalue weighted by Crippen LogP contribution is -2.44. The number of carbonyl (C=O) groups is 1. The number of carboxylic acid groups (broad SMARTS) is 1. The number of hydrogen-bond donors (Lipinski definition) is 2. The van der Waals surface area contributed by atoms with Crippen molar-refractivity contribution in [3.05, 3.63) is 45.3 Å². The Labute approximate surface area is 149 Å². The first kappa shape index (κ1) is 18.4. The van der Waals surface area contributed by atoms with Gasteiger partial charge < -0.3 is 20.5 Å². The Bertz CT molecular complexity index is 734. The zero-order valence-corrected chi connectivity index (χ0v) is 14.7. The third-order valence-electron chi connectivity index (χ3n) is 3.66. The molecule has 0 amide bonds. The van der Waals surface area contributed by atoms with Gasteiger partial charge in [0.05, 0.1) is 28.6 Å². The summed E-state index contributed by atoms with van der Waals surface area (Å²) in [7, 11) is 1.30. The van der Waals surface area contributed by atoms with Crippen LogP contribution in [0.5, 0.6) is 5.75 Å². The van der Waals surface area contributed by atoms with Gasteiger partial charge in [0.2, 0.25) is 0 Å². The number of hydrogen-bond acceptors (Lipinski definition) is 4. The minimum Gasteiger partial charge on any atom is -0.492 e. The van der Waals surface area contributed by atoms with Crippen molar-refractivity contribution in [2.75, 3.05) is 13.7 Å². The molecule has 0 aliphatic carbocycles. The Balaban J connectivity index is 2.66. The fourth-order valence-electron chi connectivity index (χ4n) is 2.61. The Hall–Kier alpha value is -1.92. The zero-order valence-electron chi connectivity index (χ0n) is 13.1. The highest BCUT2D eigenvalue weighted by Crippen LogP contribution is 2.38. The molecular weight excluding hydrogens is 358 g/mol. The molecule has 2 rings (SSSR count). The van der Waals surface area contributed by atoms with Gasteiger partial charge in [0, 0.05) is 12.1 Å². The van der Waals surface area contributed by atoms with E-state index in [1.165, 1.54) is 30.2 Å². The number of halogens is 3. The summed E-state index contributed by atoms with van der Waals surface area (Å²) in [4.78, 5) is 13.2. The Morgan fingerprint density at radius 3 is 2.67 bits per heavy atom. The number of methoxy groups -OCH3 is 1. The number of carboxylic acids is 1. The minimum atomic E-state index is -1.17. The fraction of sp³-hybridized carbons (Fsp3) is 0.312. The van der Waals surface area contributed by atoms with Gasteiger partial charge in [-0.2, -0.15) is 0 Å². The predicted molar refractivity (Wildman–Crippen MR) is 91.4 cm³/mol. The number of aliphatic carboxylic acids is 1. The summed E-state index contributed by atoms with van der Waals surface area (Å²) in [6.07, 6.45) is 2.10. The van der Waals surface area contributed by atoms with Crippen LogP contribution in [0.3, 0.4) is 0 Å². The topological polar surface area (TPSA) is 75.8 Å². The number of nitrogens with two attached hydrogens (primary N) is 1. The maximum Gasteiger partial charge on any atom is 0.332 e. The smallest absolute Gasteiger partial charge is 0.332 e. The van der Waals surface area contributed by atoms with Crippen LogP contribution in [-0.4, -0.2) is 35.7 Å². The monoisotopic (exact) mass is 374 g/mol. The van der Waals surface area contributed by atoms with Gasteiger partial charge in [-0.25, -0.2) is 9.18 Å². The Morgan fingerprint density at radius 2 is 2.12 bits per heavy atom. The molecule has 1 heterocycles. The van der Waals surface area contributed by atoms with Crippen LogP contribution in [0, 0.1) is 5.82 Å². The third-order valence-corrected chi connectivity index (χ3v) is 4.38. The van der Waals surface area contributed by atoms with Gasteiger partial charge in [-0.15, -0.1) is 0 Å². The second kappa shape index (κ2) is 7.32. The lowest BCUT2D eigenvalue weighted by atomic mass is 10.0. The van der Waals surface area contributed by atoms with Crippen molar-refractivity contribution in [2.45, 2.75) is 19.4 Å². The van der Waals surface area contributed by atoms with Crippen molar-refractivity contribution in [3.8, 4) is 5.75 Å². The van der Waals surface area contributed by atoms with Gasteiger partial charge in [-0.05, 0) is 24.6 Å². The quantitative estimate of drug-likeness (QED) is 0.825. The molecule has 0 saturated carbocycles. The maximum absolute atomic E-state index is 14.8. The first-order valence-corrected chi connectivity index (χ1v) is 7.97. The molecule has 0 saturated heterocycles. The van der Waals surface area contributed by atoms with Crippen molar-refractivity contribution in [2.24, 2.45) is 5.73 Å². The second-order valence-electron chi connectivity index (χ2n) is 5.21. The van der Waals surface area contributed by atoms with Crippen molar-refractivity contribution >= 4 is 34.9 Å². The number of nitrogens with zero attached hydrogens (tertiary/aromatic N) is 1. The van der Waals surface area contributed by atoms with Crippen LogP contribution in [0.4, 0.5) is 4.39 Å². The molecule has 0 radical (unpaired) electrons. The molecule has 0 aromatic heterocycles. The third kappa shape index (κ3) is 3.16. The van der Waals surface area contributed by atoms with Crippen LogP contribution >= 0.6 is 23.2 Å². The van der Waals surface area contributed by atoms with Crippen LogP contribution in [0.15, 0.2) is 28.9 Å².